The number of nitrogens with two attached hydrogens (primary N) is 1. The lowest BCUT2D eigenvalue weighted by Gasteiger charge is -2.30. The zero-order chi connectivity index (χ0) is 13.3. The van der Waals surface area contributed by atoms with Gasteiger partial charge in [0, 0.05) is 13.2 Å². The van der Waals surface area contributed by atoms with E-state index in [-0.39, 0.29) is 5.82 Å². The number of nitrogens with zero attached hydrogens (tertiary/aromatic N) is 2. The molecule has 94 valence electrons. The molecule has 1 heterocycles. The third-order valence-corrected chi connectivity index (χ3v) is 2.33. The van der Waals surface area contributed by atoms with Gasteiger partial charge in [0.1, 0.15) is 5.82 Å². The van der Waals surface area contributed by atoms with Gasteiger partial charge in [0.05, 0.1) is 0 Å². The highest BCUT2D eigenvalue weighted by atomic mass is 19.4. The Balaban J connectivity index is 2.99. The molecule has 0 aromatic carbocycles. The summed E-state index contributed by atoms with van der Waals surface area (Å²) in [7, 11) is 1.20. The van der Waals surface area contributed by atoms with Gasteiger partial charge in [0.15, 0.2) is 5.54 Å². The summed E-state index contributed by atoms with van der Waals surface area (Å²) in [5, 5.41) is 0. The van der Waals surface area contributed by atoms with Crippen LogP contribution >= 0.6 is 0 Å². The van der Waals surface area contributed by atoms with E-state index in [9.17, 15) is 18.0 Å². The Labute approximate surface area is 96.2 Å². The van der Waals surface area contributed by atoms with Crippen molar-refractivity contribution in [3.8, 4) is 0 Å². The van der Waals surface area contributed by atoms with Crippen molar-refractivity contribution in [2.24, 2.45) is 5.73 Å². The summed E-state index contributed by atoms with van der Waals surface area (Å²) < 4.78 is 37.7. The van der Waals surface area contributed by atoms with E-state index >= 15 is 0 Å². The minimum absolute atomic E-state index is 0.110. The lowest BCUT2D eigenvalue weighted by molar-refractivity contribution is -0.185. The van der Waals surface area contributed by atoms with Gasteiger partial charge in [0.25, 0.3) is 5.91 Å². The van der Waals surface area contributed by atoms with Crippen molar-refractivity contribution in [1.29, 1.82) is 0 Å². The lowest BCUT2D eigenvalue weighted by Crippen LogP contribution is -2.61. The number of hydrogen-bond acceptors (Lipinski definition) is 3. The molecule has 0 aliphatic heterocycles. The van der Waals surface area contributed by atoms with E-state index in [1.807, 2.05) is 0 Å². The maximum Gasteiger partial charge on any atom is 0.415 e. The number of carbonyl (C=O) groups is 1. The number of likely N-dealkylation sites (N-methyl/N-ethyl adjacent to an activating group) is 1. The number of hydrogen-bond donors (Lipinski definition) is 1. The fourth-order valence-corrected chi connectivity index (χ4v) is 1.13. The van der Waals surface area contributed by atoms with E-state index in [0.29, 0.717) is 6.92 Å². The SMILES string of the molecule is CN(C(=O)C(C)(N)C(F)(F)F)c1ccccn1. The van der Waals surface area contributed by atoms with Gasteiger partial charge in [-0.1, -0.05) is 6.07 Å². The number of rotatable bonds is 2. The van der Waals surface area contributed by atoms with E-state index in [1.165, 1.54) is 19.3 Å². The Hall–Kier alpha value is -1.63. The predicted octanol–water partition coefficient (Wildman–Crippen LogP) is 1.32. The quantitative estimate of drug-likeness (QED) is 0.857. The van der Waals surface area contributed by atoms with E-state index in [1.54, 1.807) is 12.1 Å². The Morgan fingerprint density at radius 1 is 1.41 bits per heavy atom. The molecule has 17 heavy (non-hydrogen) atoms. The van der Waals surface area contributed by atoms with Crippen LogP contribution in [-0.2, 0) is 4.79 Å². The number of aromatic nitrogens is 1. The molecule has 0 saturated carbocycles. The first-order valence-electron chi connectivity index (χ1n) is 4.72. The van der Waals surface area contributed by atoms with Crippen LogP contribution in [0.5, 0.6) is 0 Å². The van der Waals surface area contributed by atoms with Gasteiger partial charge in [-0.2, -0.15) is 13.2 Å². The minimum Gasteiger partial charge on any atom is -0.310 e. The molecule has 1 unspecified atom stereocenters. The van der Waals surface area contributed by atoms with E-state index in [0.717, 1.165) is 4.90 Å². The molecule has 1 aromatic heterocycles. The van der Waals surface area contributed by atoms with Crippen LogP contribution < -0.4 is 10.6 Å². The molecule has 1 amide bonds. The molecule has 2 N–H and O–H groups in total. The first-order valence-corrected chi connectivity index (χ1v) is 4.72. The predicted molar refractivity (Wildman–Crippen MR) is 56.3 cm³/mol. The molecule has 0 radical (unpaired) electrons. The summed E-state index contributed by atoms with van der Waals surface area (Å²) in [6.07, 6.45) is -3.44. The molecule has 1 rings (SSSR count). The lowest BCUT2D eigenvalue weighted by atomic mass is 10.0. The van der Waals surface area contributed by atoms with Crippen LogP contribution in [0.2, 0.25) is 0 Å². The smallest absolute Gasteiger partial charge is 0.310 e. The molecule has 7 heteroatoms. The molecule has 4 nitrogen and oxygen atoms in total. The van der Waals surface area contributed by atoms with Crippen LogP contribution in [0, 0.1) is 0 Å². The van der Waals surface area contributed by atoms with Crippen molar-refractivity contribution in [2.45, 2.75) is 18.6 Å². The number of halogens is 3. The second-order valence-corrected chi connectivity index (χ2v) is 3.75. The van der Waals surface area contributed by atoms with E-state index in [2.05, 4.69) is 4.98 Å². The maximum absolute atomic E-state index is 12.6. The summed E-state index contributed by atoms with van der Waals surface area (Å²) in [6, 6.07) is 4.57. The molecule has 0 fully saturated rings. The van der Waals surface area contributed by atoms with E-state index in [4.69, 9.17) is 5.73 Å². The summed E-state index contributed by atoms with van der Waals surface area (Å²) in [4.78, 5) is 16.2. The fourth-order valence-electron chi connectivity index (χ4n) is 1.13. The first kappa shape index (κ1) is 13.4. The van der Waals surface area contributed by atoms with Crippen LogP contribution in [0.25, 0.3) is 0 Å². The highest BCUT2D eigenvalue weighted by Crippen LogP contribution is 2.30. The number of alkyl halides is 3. The van der Waals surface area contributed by atoms with Gasteiger partial charge in [0.2, 0.25) is 0 Å². The number of pyridine rings is 1. The highest BCUT2D eigenvalue weighted by molar-refractivity contribution is 5.99. The van der Waals surface area contributed by atoms with E-state index < -0.39 is 17.6 Å². The molecule has 0 aliphatic rings. The number of amides is 1. The monoisotopic (exact) mass is 247 g/mol. The van der Waals surface area contributed by atoms with Crippen molar-refractivity contribution in [2.75, 3.05) is 11.9 Å². The Bertz CT molecular complexity index is 403. The summed E-state index contributed by atoms with van der Waals surface area (Å²) >= 11 is 0. The minimum atomic E-state index is -4.81. The second-order valence-electron chi connectivity index (χ2n) is 3.75. The number of carbonyl (C=O) groups excluding carboxylic acids is 1. The maximum atomic E-state index is 12.6. The average molecular weight is 247 g/mol. The van der Waals surface area contributed by atoms with Crippen LogP contribution in [0.1, 0.15) is 6.92 Å². The molecule has 1 aromatic rings. The fraction of sp³-hybridized carbons (Fsp3) is 0.400. The van der Waals surface area contributed by atoms with Crippen molar-refractivity contribution >= 4 is 11.7 Å². The van der Waals surface area contributed by atoms with Gasteiger partial charge in [-0.15, -0.1) is 0 Å². The number of anilines is 1. The van der Waals surface area contributed by atoms with Crippen LogP contribution in [0.3, 0.4) is 0 Å². The topological polar surface area (TPSA) is 59.2 Å². The van der Waals surface area contributed by atoms with Gasteiger partial charge in [-0.3, -0.25) is 9.69 Å². The standard InChI is InChI=1S/C10H12F3N3O/c1-9(14,10(11,12)13)8(17)16(2)7-5-3-4-6-15-7/h3-6H,14H2,1-2H3. The van der Waals surface area contributed by atoms with Gasteiger partial charge in [-0.25, -0.2) is 4.98 Å². The summed E-state index contributed by atoms with van der Waals surface area (Å²) in [5.74, 6) is -1.15. The molecule has 0 aliphatic carbocycles. The van der Waals surface area contributed by atoms with Gasteiger partial charge < -0.3 is 5.73 Å². The Kier molecular flexibility index (Phi) is 3.42. The van der Waals surface area contributed by atoms with Gasteiger partial charge >= 0.3 is 6.18 Å². The van der Waals surface area contributed by atoms with Crippen LogP contribution in [-0.4, -0.2) is 29.7 Å². The molecular formula is C10H12F3N3O. The molecule has 0 spiro atoms. The summed E-state index contributed by atoms with van der Waals surface area (Å²) in [6.45, 7) is 0.634. The van der Waals surface area contributed by atoms with Crippen molar-refractivity contribution < 1.29 is 18.0 Å². The highest BCUT2D eigenvalue weighted by Gasteiger charge is 2.55. The van der Waals surface area contributed by atoms with Crippen molar-refractivity contribution in [3.05, 3.63) is 24.4 Å². The largest absolute Gasteiger partial charge is 0.415 e. The third kappa shape index (κ3) is 2.55. The Morgan fingerprint density at radius 3 is 2.41 bits per heavy atom. The zero-order valence-electron chi connectivity index (χ0n) is 9.32. The second kappa shape index (κ2) is 4.33. The van der Waals surface area contributed by atoms with Gasteiger partial charge in [-0.05, 0) is 19.1 Å². The molecular weight excluding hydrogens is 235 g/mol. The first-order chi connectivity index (χ1) is 7.68. The molecule has 0 bridgehead atoms. The molecule has 0 saturated heterocycles. The summed E-state index contributed by atoms with van der Waals surface area (Å²) in [5.41, 5.74) is 2.10. The van der Waals surface area contributed by atoms with Crippen molar-refractivity contribution in [3.63, 3.8) is 0 Å². The Morgan fingerprint density at radius 2 is 2.00 bits per heavy atom. The van der Waals surface area contributed by atoms with Crippen LogP contribution in [0.15, 0.2) is 24.4 Å². The average Bonchev–Trinajstić information content (AvgIpc) is 2.26. The van der Waals surface area contributed by atoms with Crippen molar-refractivity contribution in [1.82, 2.24) is 4.98 Å². The third-order valence-electron chi connectivity index (χ3n) is 2.33. The molecule has 1 atom stereocenters. The normalized spacial score (nSPS) is 15.2. The zero-order valence-corrected chi connectivity index (χ0v) is 9.32. The van der Waals surface area contributed by atoms with Crippen LogP contribution in [0.4, 0.5) is 19.0 Å².